The van der Waals surface area contributed by atoms with Gasteiger partial charge in [-0.2, -0.15) is 0 Å². The van der Waals surface area contributed by atoms with Crippen LogP contribution in [0.1, 0.15) is 12.5 Å². The largest absolute Gasteiger partial charge is 0.508 e. The van der Waals surface area contributed by atoms with Gasteiger partial charge < -0.3 is 10.8 Å². The van der Waals surface area contributed by atoms with Gasteiger partial charge in [0, 0.05) is 10.9 Å². The van der Waals surface area contributed by atoms with Crippen LogP contribution in [0.4, 0.5) is 0 Å². The highest BCUT2D eigenvalue weighted by atomic mass is 32.2. The van der Waals surface area contributed by atoms with Gasteiger partial charge in [-0.15, -0.1) is 11.8 Å². The SMILES string of the molecule is CSc1ccc(O)c(C[C@@H](C)N)c1. The van der Waals surface area contributed by atoms with E-state index in [1.54, 1.807) is 17.8 Å². The molecule has 0 unspecified atom stereocenters. The van der Waals surface area contributed by atoms with Gasteiger partial charge >= 0.3 is 0 Å². The zero-order valence-corrected chi connectivity index (χ0v) is 8.77. The summed E-state index contributed by atoms with van der Waals surface area (Å²) in [7, 11) is 0. The normalized spacial score (nSPS) is 12.8. The molecule has 0 saturated heterocycles. The van der Waals surface area contributed by atoms with Gasteiger partial charge in [-0.25, -0.2) is 0 Å². The Morgan fingerprint density at radius 2 is 2.23 bits per heavy atom. The fraction of sp³-hybridized carbons (Fsp3) is 0.400. The van der Waals surface area contributed by atoms with E-state index in [2.05, 4.69) is 0 Å². The zero-order chi connectivity index (χ0) is 9.84. The summed E-state index contributed by atoms with van der Waals surface area (Å²) in [5.74, 6) is 0.343. The number of nitrogens with two attached hydrogens (primary N) is 1. The standard InChI is InChI=1S/C10H15NOS/c1-7(11)5-8-6-9(13-2)3-4-10(8)12/h3-4,6-7,12H,5,11H2,1-2H3/t7-/m1/s1. The molecule has 1 aromatic carbocycles. The van der Waals surface area contributed by atoms with E-state index in [1.165, 1.54) is 0 Å². The molecule has 1 rings (SSSR count). The average molecular weight is 197 g/mol. The van der Waals surface area contributed by atoms with E-state index in [4.69, 9.17) is 5.73 Å². The minimum atomic E-state index is 0.0861. The van der Waals surface area contributed by atoms with Gasteiger partial charge in [0.1, 0.15) is 5.75 Å². The highest BCUT2D eigenvalue weighted by Crippen LogP contribution is 2.24. The molecule has 2 nitrogen and oxygen atoms in total. The third kappa shape index (κ3) is 2.94. The Bertz CT molecular complexity index is 286. The summed E-state index contributed by atoms with van der Waals surface area (Å²) >= 11 is 1.67. The van der Waals surface area contributed by atoms with Crippen LogP contribution in [0.2, 0.25) is 0 Å². The molecule has 0 aliphatic rings. The summed E-state index contributed by atoms with van der Waals surface area (Å²) in [6.07, 6.45) is 2.74. The molecule has 0 amide bonds. The van der Waals surface area contributed by atoms with E-state index >= 15 is 0 Å². The van der Waals surface area contributed by atoms with Gasteiger partial charge in [-0.1, -0.05) is 0 Å². The number of phenols is 1. The van der Waals surface area contributed by atoms with Gasteiger partial charge in [0.05, 0.1) is 0 Å². The second-order valence-corrected chi connectivity index (χ2v) is 4.06. The molecule has 1 aromatic rings. The quantitative estimate of drug-likeness (QED) is 0.729. The van der Waals surface area contributed by atoms with Crippen molar-refractivity contribution in [2.45, 2.75) is 24.3 Å². The highest BCUT2D eigenvalue weighted by Gasteiger charge is 2.04. The molecule has 0 bridgehead atoms. The minimum Gasteiger partial charge on any atom is -0.508 e. The lowest BCUT2D eigenvalue weighted by Gasteiger charge is -2.08. The number of benzene rings is 1. The van der Waals surface area contributed by atoms with Crippen molar-refractivity contribution in [1.82, 2.24) is 0 Å². The van der Waals surface area contributed by atoms with Gasteiger partial charge in [-0.3, -0.25) is 0 Å². The molecular weight excluding hydrogens is 182 g/mol. The summed E-state index contributed by atoms with van der Waals surface area (Å²) in [5, 5.41) is 9.51. The molecule has 0 fully saturated rings. The average Bonchev–Trinajstić information content (AvgIpc) is 2.08. The molecule has 1 atom stereocenters. The third-order valence-electron chi connectivity index (χ3n) is 1.83. The maximum absolute atomic E-state index is 9.51. The molecule has 0 aliphatic heterocycles. The second-order valence-electron chi connectivity index (χ2n) is 3.18. The summed E-state index contributed by atoms with van der Waals surface area (Å²) in [6, 6.07) is 5.71. The first-order valence-electron chi connectivity index (χ1n) is 4.25. The maximum atomic E-state index is 9.51. The van der Waals surface area contributed by atoms with Gasteiger partial charge in [0.2, 0.25) is 0 Å². The lowest BCUT2D eigenvalue weighted by Crippen LogP contribution is -2.17. The number of rotatable bonds is 3. The summed E-state index contributed by atoms with van der Waals surface area (Å²) in [5.41, 5.74) is 6.60. The first-order chi connectivity index (χ1) is 6.13. The van der Waals surface area contributed by atoms with E-state index in [0.717, 1.165) is 16.9 Å². The van der Waals surface area contributed by atoms with Crippen LogP contribution in [0.25, 0.3) is 0 Å². The maximum Gasteiger partial charge on any atom is 0.118 e. The van der Waals surface area contributed by atoms with Crippen LogP contribution in [-0.2, 0) is 6.42 Å². The topological polar surface area (TPSA) is 46.2 Å². The van der Waals surface area contributed by atoms with E-state index < -0.39 is 0 Å². The van der Waals surface area contributed by atoms with Crippen molar-refractivity contribution in [3.63, 3.8) is 0 Å². The molecule has 3 heteroatoms. The fourth-order valence-corrected chi connectivity index (χ4v) is 1.66. The molecule has 0 aromatic heterocycles. The predicted molar refractivity (Wildman–Crippen MR) is 57.2 cm³/mol. The molecular formula is C10H15NOS. The molecule has 0 radical (unpaired) electrons. The summed E-state index contributed by atoms with van der Waals surface area (Å²) in [4.78, 5) is 1.16. The van der Waals surface area contributed by atoms with Crippen molar-refractivity contribution >= 4 is 11.8 Å². The smallest absolute Gasteiger partial charge is 0.118 e. The van der Waals surface area contributed by atoms with Crippen molar-refractivity contribution in [2.75, 3.05) is 6.26 Å². The molecule has 0 aliphatic carbocycles. The van der Waals surface area contributed by atoms with Crippen LogP contribution in [0.3, 0.4) is 0 Å². The van der Waals surface area contributed by atoms with Crippen LogP contribution in [0, 0.1) is 0 Å². The van der Waals surface area contributed by atoms with Gasteiger partial charge in [0.15, 0.2) is 0 Å². The van der Waals surface area contributed by atoms with E-state index in [1.807, 2.05) is 25.3 Å². The Kier molecular flexibility index (Phi) is 3.63. The zero-order valence-electron chi connectivity index (χ0n) is 7.95. The Hall–Kier alpha value is -0.670. The van der Waals surface area contributed by atoms with Crippen molar-refractivity contribution in [1.29, 1.82) is 0 Å². The van der Waals surface area contributed by atoms with E-state index in [0.29, 0.717) is 5.75 Å². The Morgan fingerprint density at radius 1 is 1.54 bits per heavy atom. The number of hydrogen-bond donors (Lipinski definition) is 2. The molecule has 0 heterocycles. The van der Waals surface area contributed by atoms with Crippen LogP contribution in [0.15, 0.2) is 23.1 Å². The van der Waals surface area contributed by atoms with E-state index in [9.17, 15) is 5.11 Å². The lowest BCUT2D eigenvalue weighted by molar-refractivity contribution is 0.465. The monoisotopic (exact) mass is 197 g/mol. The van der Waals surface area contributed by atoms with Crippen LogP contribution >= 0.6 is 11.8 Å². The van der Waals surface area contributed by atoms with Crippen molar-refractivity contribution in [3.05, 3.63) is 23.8 Å². The molecule has 0 spiro atoms. The molecule has 13 heavy (non-hydrogen) atoms. The number of thioether (sulfide) groups is 1. The Labute approximate surface area is 83.1 Å². The first kappa shape index (κ1) is 10.4. The summed E-state index contributed by atoms with van der Waals surface area (Å²) in [6.45, 7) is 1.94. The fourth-order valence-electron chi connectivity index (χ4n) is 1.20. The molecule has 0 saturated carbocycles. The van der Waals surface area contributed by atoms with Crippen molar-refractivity contribution < 1.29 is 5.11 Å². The van der Waals surface area contributed by atoms with Crippen LogP contribution < -0.4 is 5.73 Å². The predicted octanol–water partition coefficient (Wildman–Crippen LogP) is 2.00. The molecule has 3 N–H and O–H groups in total. The highest BCUT2D eigenvalue weighted by molar-refractivity contribution is 7.98. The van der Waals surface area contributed by atoms with Crippen LogP contribution in [0.5, 0.6) is 5.75 Å². The number of aromatic hydroxyl groups is 1. The lowest BCUT2D eigenvalue weighted by atomic mass is 10.1. The Morgan fingerprint density at radius 3 is 2.77 bits per heavy atom. The number of hydrogen-bond acceptors (Lipinski definition) is 3. The van der Waals surface area contributed by atoms with Gasteiger partial charge in [-0.05, 0) is 43.4 Å². The van der Waals surface area contributed by atoms with Gasteiger partial charge in [0.25, 0.3) is 0 Å². The molecule has 72 valence electrons. The first-order valence-corrected chi connectivity index (χ1v) is 5.47. The third-order valence-corrected chi connectivity index (χ3v) is 2.55. The summed E-state index contributed by atoms with van der Waals surface area (Å²) < 4.78 is 0. The minimum absolute atomic E-state index is 0.0861. The Balaban J connectivity index is 2.90. The number of phenolic OH excluding ortho intramolecular Hbond substituents is 1. The van der Waals surface area contributed by atoms with E-state index in [-0.39, 0.29) is 6.04 Å². The van der Waals surface area contributed by atoms with Crippen molar-refractivity contribution in [2.24, 2.45) is 5.73 Å². The van der Waals surface area contributed by atoms with Crippen LogP contribution in [-0.4, -0.2) is 17.4 Å². The second kappa shape index (κ2) is 4.53. The van der Waals surface area contributed by atoms with Crippen molar-refractivity contribution in [3.8, 4) is 5.75 Å².